The van der Waals surface area contributed by atoms with Crippen LogP contribution < -0.4 is 0 Å². The molecule has 0 saturated carbocycles. The van der Waals surface area contributed by atoms with E-state index in [4.69, 9.17) is 9.97 Å². The molecule has 0 bridgehead atoms. The van der Waals surface area contributed by atoms with Crippen LogP contribution in [0.5, 0.6) is 0 Å². The van der Waals surface area contributed by atoms with Gasteiger partial charge in [-0.25, -0.2) is 9.97 Å². The van der Waals surface area contributed by atoms with Gasteiger partial charge < -0.3 is 0 Å². The van der Waals surface area contributed by atoms with E-state index in [0.717, 1.165) is 40.9 Å². The number of hydrogen-bond acceptors (Lipinski definition) is 3. The molecule has 2 aromatic heterocycles. The van der Waals surface area contributed by atoms with Gasteiger partial charge in [0.2, 0.25) is 0 Å². The highest BCUT2D eigenvalue weighted by Gasteiger charge is 2.16. The predicted octanol–water partition coefficient (Wildman–Crippen LogP) is 9.32. The summed E-state index contributed by atoms with van der Waals surface area (Å²) >= 11 is 1.88. The third-order valence-corrected chi connectivity index (χ3v) is 8.29. The van der Waals surface area contributed by atoms with Crippen molar-refractivity contribution in [2.24, 2.45) is 0 Å². The van der Waals surface area contributed by atoms with Crippen molar-refractivity contribution in [2.45, 2.75) is 12.8 Å². The van der Waals surface area contributed by atoms with Crippen molar-refractivity contribution < 1.29 is 0 Å². The van der Waals surface area contributed by atoms with Crippen LogP contribution in [0.4, 0.5) is 0 Å². The van der Waals surface area contributed by atoms with Gasteiger partial charge in [0, 0.05) is 38.7 Å². The van der Waals surface area contributed by atoms with Gasteiger partial charge >= 0.3 is 0 Å². The largest absolute Gasteiger partial charge is 0.236 e. The average molecular weight is 493 g/mol. The molecule has 2 nitrogen and oxygen atoms in total. The van der Waals surface area contributed by atoms with E-state index >= 15 is 0 Å². The minimum atomic E-state index is 0.735. The molecular weight excluding hydrogens is 468 g/mol. The zero-order valence-electron chi connectivity index (χ0n) is 20.3. The Kier molecular flexibility index (Phi) is 5.49. The smallest absolute Gasteiger partial charge is 0.159 e. The summed E-state index contributed by atoms with van der Waals surface area (Å²) in [4.78, 5) is 11.1. The Morgan fingerprint density at radius 3 is 1.92 bits per heavy atom. The zero-order chi connectivity index (χ0) is 24.6. The molecule has 0 fully saturated rings. The number of allylic oxidation sites excluding steroid dienone is 1. The second-order valence-corrected chi connectivity index (χ2v) is 10.4. The normalized spacial score (nSPS) is 12.5. The lowest BCUT2D eigenvalue weighted by Crippen LogP contribution is -1.92. The third kappa shape index (κ3) is 4.08. The van der Waals surface area contributed by atoms with Crippen LogP contribution >= 0.6 is 11.3 Å². The Bertz CT molecular complexity index is 1690. The number of hydrogen-bond donors (Lipinski definition) is 0. The molecule has 3 heteroatoms. The van der Waals surface area contributed by atoms with Gasteiger partial charge in [-0.3, -0.25) is 0 Å². The summed E-state index contributed by atoms with van der Waals surface area (Å²) in [6, 6.07) is 34.2. The lowest BCUT2D eigenvalue weighted by atomic mass is 9.96. The highest BCUT2D eigenvalue weighted by Crippen LogP contribution is 2.41. The van der Waals surface area contributed by atoms with Gasteiger partial charge in [-0.15, -0.1) is 11.3 Å². The molecule has 0 N–H and O–H groups in total. The Hall–Kier alpha value is -4.34. The van der Waals surface area contributed by atoms with E-state index in [-0.39, 0.29) is 0 Å². The lowest BCUT2D eigenvalue weighted by molar-refractivity contribution is 1.01. The van der Waals surface area contributed by atoms with Crippen LogP contribution in [0.15, 0.2) is 116 Å². The molecule has 4 aromatic carbocycles. The van der Waals surface area contributed by atoms with E-state index in [0.29, 0.717) is 0 Å². The van der Waals surface area contributed by atoms with Gasteiger partial charge in [-0.1, -0.05) is 84.9 Å². The van der Waals surface area contributed by atoms with E-state index in [9.17, 15) is 0 Å². The standard InChI is InChI=1S/C34H24N2S/c1-3-10-23(11-4-1)25-18-26(24-12-5-2-6-13-24)20-27(19-25)34-35-21-28(22-36-34)29-15-9-16-31-30-14-7-8-17-32(30)37-33(29)31/h1-6,8-13,15-22H,7,14H2. The van der Waals surface area contributed by atoms with E-state index in [1.165, 1.54) is 37.2 Å². The second kappa shape index (κ2) is 9.27. The number of nitrogens with zero attached hydrogens (tertiary/aromatic N) is 2. The summed E-state index contributed by atoms with van der Waals surface area (Å²) in [5.41, 5.74) is 9.44. The van der Waals surface area contributed by atoms with Crippen molar-refractivity contribution in [3.63, 3.8) is 0 Å². The molecule has 7 rings (SSSR count). The molecular formula is C34H24N2S. The summed E-state index contributed by atoms with van der Waals surface area (Å²) in [5.74, 6) is 0.735. The number of thiophene rings is 1. The van der Waals surface area contributed by atoms with Gasteiger partial charge in [-0.05, 0) is 70.3 Å². The molecule has 1 aliphatic carbocycles. The van der Waals surface area contributed by atoms with Crippen LogP contribution in [0.2, 0.25) is 0 Å². The SMILES string of the molecule is C1=Cc2sc3c(-c4cnc(-c5cc(-c6ccccc6)cc(-c6ccccc6)c5)nc4)cccc3c2CC1. The molecule has 0 aliphatic heterocycles. The first-order valence-electron chi connectivity index (χ1n) is 12.6. The third-order valence-electron chi connectivity index (χ3n) is 7.05. The van der Waals surface area contributed by atoms with E-state index < -0.39 is 0 Å². The van der Waals surface area contributed by atoms with E-state index in [1.807, 2.05) is 35.9 Å². The fourth-order valence-electron chi connectivity index (χ4n) is 5.19. The summed E-state index contributed by atoms with van der Waals surface area (Å²) in [7, 11) is 0. The Labute approximate surface area is 220 Å². The van der Waals surface area contributed by atoms with Crippen LogP contribution in [0.25, 0.3) is 60.9 Å². The van der Waals surface area contributed by atoms with Crippen LogP contribution in [0.3, 0.4) is 0 Å². The van der Waals surface area contributed by atoms with Gasteiger partial charge in [-0.2, -0.15) is 0 Å². The van der Waals surface area contributed by atoms with Crippen LogP contribution in [0.1, 0.15) is 16.9 Å². The number of fused-ring (bicyclic) bond motifs is 3. The molecule has 176 valence electrons. The molecule has 0 saturated heterocycles. The molecule has 0 atom stereocenters. The fraction of sp³-hybridized carbons (Fsp3) is 0.0588. The molecule has 0 radical (unpaired) electrons. The quantitative estimate of drug-likeness (QED) is 0.245. The maximum absolute atomic E-state index is 4.86. The molecule has 2 heterocycles. The van der Waals surface area contributed by atoms with Crippen LogP contribution in [0, 0.1) is 0 Å². The highest BCUT2D eigenvalue weighted by atomic mass is 32.1. The van der Waals surface area contributed by atoms with Gasteiger partial charge in [0.05, 0.1) is 0 Å². The van der Waals surface area contributed by atoms with Crippen molar-refractivity contribution in [3.05, 3.63) is 126 Å². The summed E-state index contributed by atoms with van der Waals surface area (Å²) in [6.07, 6.45) is 10.7. The molecule has 37 heavy (non-hydrogen) atoms. The minimum Gasteiger partial charge on any atom is -0.236 e. The molecule has 0 spiro atoms. The van der Waals surface area contributed by atoms with E-state index in [2.05, 4.69) is 97.1 Å². The summed E-state index contributed by atoms with van der Waals surface area (Å²) in [5, 5.41) is 1.37. The number of rotatable bonds is 4. The Morgan fingerprint density at radius 1 is 0.595 bits per heavy atom. The molecule has 1 aliphatic rings. The summed E-state index contributed by atoms with van der Waals surface area (Å²) < 4.78 is 1.33. The van der Waals surface area contributed by atoms with Crippen molar-refractivity contribution in [2.75, 3.05) is 0 Å². The fourth-order valence-corrected chi connectivity index (χ4v) is 6.51. The molecule has 0 unspecified atom stereocenters. The van der Waals surface area contributed by atoms with Crippen LogP contribution in [-0.4, -0.2) is 9.97 Å². The Balaban J connectivity index is 1.32. The summed E-state index contributed by atoms with van der Waals surface area (Å²) in [6.45, 7) is 0. The molecule has 6 aromatic rings. The first-order chi connectivity index (χ1) is 18.3. The van der Waals surface area contributed by atoms with Crippen molar-refractivity contribution >= 4 is 27.5 Å². The Morgan fingerprint density at radius 2 is 1.24 bits per heavy atom. The number of benzene rings is 4. The first-order valence-corrected chi connectivity index (χ1v) is 13.4. The zero-order valence-corrected chi connectivity index (χ0v) is 21.1. The maximum Gasteiger partial charge on any atom is 0.159 e. The van der Waals surface area contributed by atoms with Crippen molar-refractivity contribution in [1.29, 1.82) is 0 Å². The van der Waals surface area contributed by atoms with Crippen molar-refractivity contribution in [3.8, 4) is 44.8 Å². The topological polar surface area (TPSA) is 25.8 Å². The minimum absolute atomic E-state index is 0.735. The van der Waals surface area contributed by atoms with Gasteiger partial charge in [0.15, 0.2) is 5.82 Å². The highest BCUT2D eigenvalue weighted by molar-refractivity contribution is 7.20. The van der Waals surface area contributed by atoms with Crippen molar-refractivity contribution in [1.82, 2.24) is 9.97 Å². The number of aromatic nitrogens is 2. The lowest BCUT2D eigenvalue weighted by Gasteiger charge is -2.11. The predicted molar refractivity (Wildman–Crippen MR) is 157 cm³/mol. The van der Waals surface area contributed by atoms with E-state index in [1.54, 1.807) is 0 Å². The second-order valence-electron chi connectivity index (χ2n) is 9.39. The monoisotopic (exact) mass is 492 g/mol. The van der Waals surface area contributed by atoms with Gasteiger partial charge in [0.25, 0.3) is 0 Å². The van der Waals surface area contributed by atoms with Gasteiger partial charge in [0.1, 0.15) is 0 Å². The molecule has 0 amide bonds. The average Bonchev–Trinajstić information content (AvgIpc) is 3.37. The first kappa shape index (κ1) is 21.9. The number of aryl methyl sites for hydroxylation is 1. The van der Waals surface area contributed by atoms with Crippen LogP contribution in [-0.2, 0) is 6.42 Å². The maximum atomic E-state index is 4.86.